The highest BCUT2D eigenvalue weighted by atomic mass is 127. The number of hydrogen-bond acceptors (Lipinski definition) is 2. The second-order valence-electron chi connectivity index (χ2n) is 5.09. The molecule has 1 heterocycles. The molecule has 1 aliphatic heterocycles. The first kappa shape index (κ1) is 17.9. The fourth-order valence-corrected chi connectivity index (χ4v) is 2.45. The number of benzene rings is 1. The summed E-state index contributed by atoms with van der Waals surface area (Å²) in [6, 6.07) is 4.10. The van der Waals surface area contributed by atoms with Crippen molar-refractivity contribution in [3.63, 3.8) is 0 Å². The van der Waals surface area contributed by atoms with Gasteiger partial charge in [0.2, 0.25) is 0 Å². The molecule has 1 atom stereocenters. The highest BCUT2D eigenvalue weighted by Gasteiger charge is 2.27. The lowest BCUT2D eigenvalue weighted by Crippen LogP contribution is -2.44. The second-order valence-corrected chi connectivity index (χ2v) is 5.09. The van der Waals surface area contributed by atoms with Crippen molar-refractivity contribution in [2.24, 2.45) is 4.99 Å². The zero-order valence-corrected chi connectivity index (χ0v) is 14.8. The van der Waals surface area contributed by atoms with Crippen LogP contribution in [-0.4, -0.2) is 51.1 Å². The normalized spacial score (nSPS) is 18.4. The fourth-order valence-electron chi connectivity index (χ4n) is 2.45. The number of rotatable bonds is 2. The third-order valence-corrected chi connectivity index (χ3v) is 3.41. The molecule has 1 saturated heterocycles. The van der Waals surface area contributed by atoms with Crippen LogP contribution in [0.2, 0.25) is 0 Å². The SMILES string of the molecule is CN=C(NC1CCN(c2c(F)cccc2F)C1)N(C)C.I. The van der Waals surface area contributed by atoms with Crippen molar-refractivity contribution in [2.75, 3.05) is 39.1 Å². The smallest absolute Gasteiger partial charge is 0.193 e. The number of nitrogens with zero attached hydrogens (tertiary/aromatic N) is 3. The van der Waals surface area contributed by atoms with Crippen molar-refractivity contribution >= 4 is 35.6 Å². The summed E-state index contributed by atoms with van der Waals surface area (Å²) in [6.07, 6.45) is 0.820. The zero-order chi connectivity index (χ0) is 14.7. The average Bonchev–Trinajstić information content (AvgIpc) is 2.83. The van der Waals surface area contributed by atoms with Gasteiger partial charge in [-0.2, -0.15) is 0 Å². The predicted molar refractivity (Wildman–Crippen MR) is 92.6 cm³/mol. The van der Waals surface area contributed by atoms with E-state index in [4.69, 9.17) is 0 Å². The van der Waals surface area contributed by atoms with Gasteiger partial charge in [0, 0.05) is 40.3 Å². The number of para-hydroxylation sites is 1. The maximum atomic E-state index is 13.8. The van der Waals surface area contributed by atoms with Gasteiger partial charge < -0.3 is 15.1 Å². The molecule has 4 nitrogen and oxygen atoms in total. The van der Waals surface area contributed by atoms with Crippen molar-refractivity contribution in [2.45, 2.75) is 12.5 Å². The van der Waals surface area contributed by atoms with E-state index in [-0.39, 0.29) is 35.7 Å². The van der Waals surface area contributed by atoms with Crippen molar-refractivity contribution in [3.8, 4) is 0 Å². The third-order valence-electron chi connectivity index (χ3n) is 3.41. The number of anilines is 1. The molecule has 1 fully saturated rings. The molecule has 1 aromatic rings. The number of aliphatic imine (C=N–C) groups is 1. The molecule has 1 aliphatic rings. The minimum absolute atomic E-state index is 0. The van der Waals surface area contributed by atoms with Crippen LogP contribution in [0.3, 0.4) is 0 Å². The summed E-state index contributed by atoms with van der Waals surface area (Å²) in [7, 11) is 5.52. The van der Waals surface area contributed by atoms with E-state index in [1.807, 2.05) is 19.0 Å². The molecule has 0 aromatic heterocycles. The summed E-state index contributed by atoms with van der Waals surface area (Å²) in [5, 5.41) is 3.29. The Labute approximate surface area is 141 Å². The van der Waals surface area contributed by atoms with E-state index < -0.39 is 11.6 Å². The van der Waals surface area contributed by atoms with Gasteiger partial charge in [-0.05, 0) is 18.6 Å². The van der Waals surface area contributed by atoms with Gasteiger partial charge in [0.05, 0.1) is 0 Å². The fraction of sp³-hybridized carbons (Fsp3) is 0.500. The lowest BCUT2D eigenvalue weighted by molar-refractivity contribution is 0.546. The number of nitrogens with one attached hydrogen (secondary N) is 1. The molecule has 0 amide bonds. The molecule has 0 bridgehead atoms. The number of hydrogen-bond donors (Lipinski definition) is 1. The van der Waals surface area contributed by atoms with E-state index >= 15 is 0 Å². The summed E-state index contributed by atoms with van der Waals surface area (Å²) in [6.45, 7) is 1.19. The van der Waals surface area contributed by atoms with Crippen LogP contribution < -0.4 is 10.2 Å². The number of halogens is 3. The molecule has 7 heteroatoms. The largest absolute Gasteiger partial charge is 0.365 e. The monoisotopic (exact) mass is 410 g/mol. The van der Waals surface area contributed by atoms with Crippen LogP contribution >= 0.6 is 24.0 Å². The van der Waals surface area contributed by atoms with Crippen LogP contribution in [0.25, 0.3) is 0 Å². The Balaban J connectivity index is 0.00000220. The molecule has 1 unspecified atom stereocenters. The van der Waals surface area contributed by atoms with Crippen LogP contribution in [0.4, 0.5) is 14.5 Å². The quantitative estimate of drug-likeness (QED) is 0.461. The Hall–Kier alpha value is -1.12. The predicted octanol–water partition coefficient (Wildman–Crippen LogP) is 2.30. The van der Waals surface area contributed by atoms with Crippen LogP contribution in [0.1, 0.15) is 6.42 Å². The first-order valence-corrected chi connectivity index (χ1v) is 6.62. The molecule has 2 rings (SSSR count). The summed E-state index contributed by atoms with van der Waals surface area (Å²) in [5.74, 6) is -0.254. The first-order valence-electron chi connectivity index (χ1n) is 6.62. The number of guanidine groups is 1. The molecular formula is C14H21F2IN4. The highest BCUT2D eigenvalue weighted by Crippen LogP contribution is 2.26. The zero-order valence-electron chi connectivity index (χ0n) is 12.4. The molecule has 0 aliphatic carbocycles. The lowest BCUT2D eigenvalue weighted by atomic mass is 10.2. The Morgan fingerprint density at radius 3 is 2.48 bits per heavy atom. The van der Waals surface area contributed by atoms with Crippen molar-refractivity contribution in [1.82, 2.24) is 10.2 Å². The molecule has 1 N–H and O–H groups in total. The minimum atomic E-state index is -0.511. The van der Waals surface area contributed by atoms with Crippen LogP contribution in [0.5, 0.6) is 0 Å². The second kappa shape index (κ2) is 7.77. The molecule has 0 radical (unpaired) electrons. The standard InChI is InChI=1S/C14H20F2N4.HI/c1-17-14(19(2)3)18-10-7-8-20(9-10)13-11(15)5-4-6-12(13)16;/h4-6,10H,7-9H2,1-3H3,(H,17,18);1H. The van der Waals surface area contributed by atoms with Crippen molar-refractivity contribution in [1.29, 1.82) is 0 Å². The summed E-state index contributed by atoms with van der Waals surface area (Å²) >= 11 is 0. The lowest BCUT2D eigenvalue weighted by Gasteiger charge is -2.23. The van der Waals surface area contributed by atoms with Gasteiger partial charge in [-0.3, -0.25) is 4.99 Å². The van der Waals surface area contributed by atoms with Crippen LogP contribution in [0, 0.1) is 11.6 Å². The summed E-state index contributed by atoms with van der Waals surface area (Å²) in [4.78, 5) is 7.77. The van der Waals surface area contributed by atoms with Gasteiger partial charge in [-0.1, -0.05) is 6.07 Å². The molecule has 1 aromatic carbocycles. The summed E-state index contributed by atoms with van der Waals surface area (Å²) in [5.41, 5.74) is 0.0663. The van der Waals surface area contributed by atoms with Gasteiger partial charge in [0.1, 0.15) is 17.3 Å². The minimum Gasteiger partial charge on any atom is -0.365 e. The van der Waals surface area contributed by atoms with Crippen molar-refractivity contribution < 1.29 is 8.78 Å². The summed E-state index contributed by atoms with van der Waals surface area (Å²) < 4.78 is 27.5. The Kier molecular flexibility index (Phi) is 6.63. The first-order chi connectivity index (χ1) is 9.52. The maximum Gasteiger partial charge on any atom is 0.193 e. The van der Waals surface area contributed by atoms with E-state index in [9.17, 15) is 8.78 Å². The van der Waals surface area contributed by atoms with Crippen molar-refractivity contribution in [3.05, 3.63) is 29.8 Å². The Morgan fingerprint density at radius 2 is 1.95 bits per heavy atom. The van der Waals surface area contributed by atoms with Gasteiger partial charge >= 0.3 is 0 Å². The topological polar surface area (TPSA) is 30.9 Å². The Bertz CT molecular complexity index is 487. The van der Waals surface area contributed by atoms with Crippen LogP contribution in [0.15, 0.2) is 23.2 Å². The molecule has 21 heavy (non-hydrogen) atoms. The third kappa shape index (κ3) is 4.18. The Morgan fingerprint density at radius 1 is 1.33 bits per heavy atom. The van der Waals surface area contributed by atoms with E-state index in [0.717, 1.165) is 12.4 Å². The molecular weight excluding hydrogens is 389 g/mol. The average molecular weight is 410 g/mol. The van der Waals surface area contributed by atoms with Crippen LogP contribution in [-0.2, 0) is 0 Å². The van der Waals surface area contributed by atoms with E-state index in [0.29, 0.717) is 13.1 Å². The van der Waals surface area contributed by atoms with Gasteiger partial charge in [0.25, 0.3) is 0 Å². The van der Waals surface area contributed by atoms with E-state index in [1.54, 1.807) is 11.9 Å². The molecule has 118 valence electrons. The molecule has 0 spiro atoms. The maximum absolute atomic E-state index is 13.8. The van der Waals surface area contributed by atoms with E-state index in [2.05, 4.69) is 10.3 Å². The van der Waals surface area contributed by atoms with Gasteiger partial charge in [-0.25, -0.2) is 8.78 Å². The van der Waals surface area contributed by atoms with Gasteiger partial charge in [-0.15, -0.1) is 24.0 Å². The van der Waals surface area contributed by atoms with E-state index in [1.165, 1.54) is 18.2 Å². The highest BCUT2D eigenvalue weighted by molar-refractivity contribution is 14.0. The molecule has 0 saturated carbocycles. The van der Waals surface area contributed by atoms with Gasteiger partial charge in [0.15, 0.2) is 5.96 Å².